The Labute approximate surface area is 79.0 Å². The fourth-order valence-electron chi connectivity index (χ4n) is 1.79. The molecule has 0 aromatic rings. The molecule has 0 aromatic heterocycles. The van der Waals surface area contributed by atoms with Gasteiger partial charge >= 0.3 is 0 Å². The fraction of sp³-hybridized carbons (Fsp3) is 1.00. The van der Waals surface area contributed by atoms with Crippen molar-refractivity contribution in [2.75, 3.05) is 11.5 Å². The van der Waals surface area contributed by atoms with Crippen molar-refractivity contribution in [3.05, 3.63) is 0 Å². The summed E-state index contributed by atoms with van der Waals surface area (Å²) in [6.07, 6.45) is 0.808. The van der Waals surface area contributed by atoms with Crippen LogP contribution in [-0.4, -0.2) is 37.2 Å². The number of hydrogen-bond acceptors (Lipinski definition) is 4. The highest BCUT2D eigenvalue weighted by atomic mass is 32.2. The van der Waals surface area contributed by atoms with Crippen LogP contribution in [0, 0.1) is 5.92 Å². The van der Waals surface area contributed by atoms with Crippen molar-refractivity contribution in [1.29, 1.82) is 0 Å². The largest absolute Gasteiger partial charge is 0.393 e. The van der Waals surface area contributed by atoms with Gasteiger partial charge in [0.2, 0.25) is 0 Å². The SMILES string of the molecule is CC(O)CC1CCS(=O)(=O)CC1N. The molecule has 5 heteroatoms. The summed E-state index contributed by atoms with van der Waals surface area (Å²) in [5.74, 6) is 0.450. The summed E-state index contributed by atoms with van der Waals surface area (Å²) in [5.41, 5.74) is 5.71. The van der Waals surface area contributed by atoms with Crippen LogP contribution in [0.25, 0.3) is 0 Å². The number of hydrogen-bond donors (Lipinski definition) is 2. The maximum absolute atomic E-state index is 11.1. The van der Waals surface area contributed by atoms with E-state index in [0.717, 1.165) is 0 Å². The van der Waals surface area contributed by atoms with Crippen LogP contribution in [0.3, 0.4) is 0 Å². The predicted molar refractivity (Wildman–Crippen MR) is 51.0 cm³/mol. The van der Waals surface area contributed by atoms with Gasteiger partial charge in [0.05, 0.1) is 17.6 Å². The molecular weight excluding hydrogens is 190 g/mol. The molecule has 0 aromatic carbocycles. The third-order valence-corrected chi connectivity index (χ3v) is 4.25. The van der Waals surface area contributed by atoms with Crippen LogP contribution in [0.2, 0.25) is 0 Å². The lowest BCUT2D eigenvalue weighted by molar-refractivity contribution is 0.151. The van der Waals surface area contributed by atoms with E-state index >= 15 is 0 Å². The molecule has 4 nitrogen and oxygen atoms in total. The second kappa shape index (κ2) is 3.94. The Morgan fingerprint density at radius 2 is 2.23 bits per heavy atom. The van der Waals surface area contributed by atoms with Crippen molar-refractivity contribution in [3.63, 3.8) is 0 Å². The summed E-state index contributed by atoms with van der Waals surface area (Å²) < 4.78 is 22.3. The summed E-state index contributed by atoms with van der Waals surface area (Å²) in [4.78, 5) is 0. The minimum absolute atomic E-state index is 0.0738. The third kappa shape index (κ3) is 3.25. The van der Waals surface area contributed by atoms with Crippen molar-refractivity contribution in [2.45, 2.75) is 31.9 Å². The van der Waals surface area contributed by atoms with E-state index in [0.29, 0.717) is 12.8 Å². The monoisotopic (exact) mass is 207 g/mol. The maximum atomic E-state index is 11.1. The fourth-order valence-corrected chi connectivity index (χ4v) is 3.48. The van der Waals surface area contributed by atoms with Gasteiger partial charge in [-0.2, -0.15) is 0 Å². The minimum Gasteiger partial charge on any atom is -0.393 e. The highest BCUT2D eigenvalue weighted by molar-refractivity contribution is 7.91. The highest BCUT2D eigenvalue weighted by Crippen LogP contribution is 2.22. The molecule has 78 valence electrons. The van der Waals surface area contributed by atoms with Gasteiger partial charge < -0.3 is 10.8 Å². The van der Waals surface area contributed by atoms with Gasteiger partial charge in [-0.25, -0.2) is 8.42 Å². The molecule has 1 aliphatic heterocycles. The number of aliphatic hydroxyl groups is 1. The first-order chi connectivity index (χ1) is 5.91. The van der Waals surface area contributed by atoms with E-state index in [9.17, 15) is 8.42 Å². The molecule has 0 radical (unpaired) electrons. The van der Waals surface area contributed by atoms with Gasteiger partial charge in [0, 0.05) is 6.04 Å². The first kappa shape index (κ1) is 10.9. The van der Waals surface area contributed by atoms with Crippen LogP contribution >= 0.6 is 0 Å². The molecular formula is C8H17NO3S. The summed E-state index contributed by atoms with van der Waals surface area (Å²) in [6.45, 7) is 1.70. The van der Waals surface area contributed by atoms with Crippen molar-refractivity contribution in [1.82, 2.24) is 0 Å². The normalized spacial score (nSPS) is 35.6. The average molecular weight is 207 g/mol. The van der Waals surface area contributed by atoms with Crippen molar-refractivity contribution in [3.8, 4) is 0 Å². The Kier molecular flexibility index (Phi) is 3.32. The first-order valence-corrected chi connectivity index (χ1v) is 6.37. The van der Waals surface area contributed by atoms with Crippen molar-refractivity contribution < 1.29 is 13.5 Å². The molecule has 0 amide bonds. The molecule has 1 heterocycles. The van der Waals surface area contributed by atoms with Crippen LogP contribution in [-0.2, 0) is 9.84 Å². The zero-order chi connectivity index (χ0) is 10.1. The Morgan fingerprint density at radius 1 is 1.62 bits per heavy atom. The van der Waals surface area contributed by atoms with E-state index in [-0.39, 0.29) is 23.5 Å². The number of rotatable bonds is 2. The quantitative estimate of drug-likeness (QED) is 0.641. The van der Waals surface area contributed by atoms with Crippen LogP contribution < -0.4 is 5.73 Å². The third-order valence-electron chi connectivity index (χ3n) is 2.50. The van der Waals surface area contributed by atoms with Gasteiger partial charge in [0.15, 0.2) is 9.84 Å². The van der Waals surface area contributed by atoms with Gasteiger partial charge in [-0.3, -0.25) is 0 Å². The molecule has 1 rings (SSSR count). The lowest BCUT2D eigenvalue weighted by Gasteiger charge is -2.29. The highest BCUT2D eigenvalue weighted by Gasteiger charge is 2.30. The summed E-state index contributed by atoms with van der Waals surface area (Å²) in [6, 6.07) is -0.298. The molecule has 1 saturated heterocycles. The van der Waals surface area contributed by atoms with Crippen molar-refractivity contribution >= 4 is 9.84 Å². The summed E-state index contributed by atoms with van der Waals surface area (Å²) >= 11 is 0. The Morgan fingerprint density at radius 3 is 2.69 bits per heavy atom. The van der Waals surface area contributed by atoms with E-state index in [1.54, 1.807) is 6.92 Å². The lowest BCUT2D eigenvalue weighted by atomic mass is 9.92. The molecule has 0 aliphatic carbocycles. The van der Waals surface area contributed by atoms with E-state index in [1.807, 2.05) is 0 Å². The van der Waals surface area contributed by atoms with Gasteiger partial charge in [-0.1, -0.05) is 0 Å². The number of aliphatic hydroxyl groups excluding tert-OH is 1. The molecule has 1 aliphatic rings. The van der Waals surface area contributed by atoms with E-state index in [4.69, 9.17) is 10.8 Å². The maximum Gasteiger partial charge on any atom is 0.151 e. The lowest BCUT2D eigenvalue weighted by Crippen LogP contribution is -2.43. The zero-order valence-electron chi connectivity index (χ0n) is 7.81. The predicted octanol–water partition coefficient (Wildman–Crippen LogP) is -0.481. The Balaban J connectivity index is 2.54. The van der Waals surface area contributed by atoms with Crippen LogP contribution in [0.15, 0.2) is 0 Å². The number of sulfone groups is 1. The van der Waals surface area contributed by atoms with Gasteiger partial charge in [-0.05, 0) is 25.7 Å². The molecule has 3 N–H and O–H groups in total. The molecule has 1 fully saturated rings. The van der Waals surface area contributed by atoms with Gasteiger partial charge in [0.25, 0.3) is 0 Å². The molecule has 13 heavy (non-hydrogen) atoms. The van der Waals surface area contributed by atoms with Gasteiger partial charge in [-0.15, -0.1) is 0 Å². The number of nitrogens with two attached hydrogens (primary N) is 1. The van der Waals surface area contributed by atoms with E-state index in [2.05, 4.69) is 0 Å². The van der Waals surface area contributed by atoms with Gasteiger partial charge in [0.1, 0.15) is 0 Å². The Bertz CT molecular complexity index is 261. The van der Waals surface area contributed by atoms with Crippen LogP contribution in [0.5, 0.6) is 0 Å². The van der Waals surface area contributed by atoms with E-state index < -0.39 is 15.9 Å². The average Bonchev–Trinajstić information content (AvgIpc) is 1.93. The molecule has 0 spiro atoms. The van der Waals surface area contributed by atoms with Crippen LogP contribution in [0.1, 0.15) is 19.8 Å². The summed E-state index contributed by atoms with van der Waals surface area (Å²) in [7, 11) is -2.91. The zero-order valence-corrected chi connectivity index (χ0v) is 8.63. The Hall–Kier alpha value is -0.130. The summed E-state index contributed by atoms with van der Waals surface area (Å²) in [5, 5.41) is 9.15. The van der Waals surface area contributed by atoms with Crippen molar-refractivity contribution in [2.24, 2.45) is 11.7 Å². The minimum atomic E-state index is -2.91. The molecule has 3 atom stereocenters. The molecule has 0 saturated carbocycles. The molecule has 3 unspecified atom stereocenters. The standard InChI is InChI=1S/C8H17NO3S/c1-6(10)4-7-2-3-13(11,12)5-8(7)9/h6-8,10H,2-5,9H2,1H3. The molecule has 0 bridgehead atoms. The topological polar surface area (TPSA) is 80.4 Å². The van der Waals surface area contributed by atoms with Crippen LogP contribution in [0.4, 0.5) is 0 Å². The second-order valence-corrected chi connectivity index (χ2v) is 6.14. The second-order valence-electron chi connectivity index (χ2n) is 3.91. The van der Waals surface area contributed by atoms with E-state index in [1.165, 1.54) is 0 Å². The smallest absolute Gasteiger partial charge is 0.151 e. The first-order valence-electron chi connectivity index (χ1n) is 4.55.